The average molecular weight is 257 g/mol. The van der Waals surface area contributed by atoms with Gasteiger partial charge in [-0.25, -0.2) is 0 Å². The lowest BCUT2D eigenvalue weighted by molar-refractivity contribution is 0.190. The molecule has 3 heteroatoms. The molecule has 2 rings (SSSR count). The van der Waals surface area contributed by atoms with E-state index < -0.39 is 6.10 Å². The van der Waals surface area contributed by atoms with Crippen molar-refractivity contribution in [1.82, 2.24) is 4.98 Å². The number of benzene rings is 1. The molecule has 1 atom stereocenters. The molecule has 1 heterocycles. The minimum absolute atomic E-state index is 0.456. The van der Waals surface area contributed by atoms with Gasteiger partial charge in [-0.15, -0.1) is 0 Å². The Kier molecular flexibility index (Phi) is 4.17. The van der Waals surface area contributed by atoms with E-state index in [1.165, 1.54) is 0 Å². The summed E-state index contributed by atoms with van der Waals surface area (Å²) in [5.74, 6) is 0.724. The van der Waals surface area contributed by atoms with Crippen molar-refractivity contribution in [3.8, 4) is 5.75 Å². The quantitative estimate of drug-likeness (QED) is 0.913. The Hall–Kier alpha value is -1.87. The molecule has 0 aliphatic carbocycles. The minimum atomic E-state index is -0.537. The fourth-order valence-corrected chi connectivity index (χ4v) is 1.98. The van der Waals surface area contributed by atoms with E-state index in [0.717, 1.165) is 28.0 Å². The molecule has 0 fully saturated rings. The molecule has 0 radical (unpaired) electrons. The molecule has 0 aliphatic heterocycles. The SMILES string of the molecule is Cc1cncc(COc2ccc(C)cc2C(C)O)c1. The van der Waals surface area contributed by atoms with Crippen LogP contribution >= 0.6 is 0 Å². The van der Waals surface area contributed by atoms with Gasteiger partial charge in [-0.05, 0) is 44.5 Å². The second-order valence-corrected chi connectivity index (χ2v) is 4.88. The van der Waals surface area contributed by atoms with E-state index >= 15 is 0 Å². The number of aromatic nitrogens is 1. The van der Waals surface area contributed by atoms with Crippen molar-refractivity contribution in [2.24, 2.45) is 0 Å². The minimum Gasteiger partial charge on any atom is -0.488 e. The molecule has 1 aromatic heterocycles. The predicted octanol–water partition coefficient (Wildman–Crippen LogP) is 3.33. The summed E-state index contributed by atoms with van der Waals surface area (Å²) in [6.45, 7) is 6.21. The van der Waals surface area contributed by atoms with Crippen LogP contribution in [0, 0.1) is 13.8 Å². The van der Waals surface area contributed by atoms with Crippen molar-refractivity contribution in [3.63, 3.8) is 0 Å². The summed E-state index contributed by atoms with van der Waals surface area (Å²) in [5, 5.41) is 9.78. The summed E-state index contributed by atoms with van der Waals surface area (Å²) < 4.78 is 5.79. The van der Waals surface area contributed by atoms with Crippen LogP contribution in [-0.4, -0.2) is 10.1 Å². The van der Waals surface area contributed by atoms with Crippen LogP contribution in [-0.2, 0) is 6.61 Å². The second-order valence-electron chi connectivity index (χ2n) is 4.88. The first-order chi connectivity index (χ1) is 9.06. The van der Waals surface area contributed by atoms with Gasteiger partial charge >= 0.3 is 0 Å². The van der Waals surface area contributed by atoms with Crippen LogP contribution in [0.3, 0.4) is 0 Å². The summed E-state index contributed by atoms with van der Waals surface area (Å²) in [6.07, 6.45) is 3.07. The highest BCUT2D eigenvalue weighted by Crippen LogP contribution is 2.26. The van der Waals surface area contributed by atoms with E-state index in [0.29, 0.717) is 6.61 Å². The van der Waals surface area contributed by atoms with Crippen molar-refractivity contribution in [2.45, 2.75) is 33.5 Å². The molecule has 0 amide bonds. The molecule has 0 saturated carbocycles. The van der Waals surface area contributed by atoms with Crippen molar-refractivity contribution in [3.05, 3.63) is 58.9 Å². The van der Waals surface area contributed by atoms with Crippen molar-refractivity contribution in [1.29, 1.82) is 0 Å². The van der Waals surface area contributed by atoms with Crippen molar-refractivity contribution < 1.29 is 9.84 Å². The summed E-state index contributed by atoms with van der Waals surface area (Å²) in [6, 6.07) is 7.88. The number of aliphatic hydroxyl groups excluding tert-OH is 1. The van der Waals surface area contributed by atoms with Gasteiger partial charge in [0.15, 0.2) is 0 Å². The van der Waals surface area contributed by atoms with Gasteiger partial charge < -0.3 is 9.84 Å². The maximum absolute atomic E-state index is 9.78. The molecule has 3 nitrogen and oxygen atoms in total. The highest BCUT2D eigenvalue weighted by Gasteiger charge is 2.09. The van der Waals surface area contributed by atoms with Crippen LogP contribution in [0.4, 0.5) is 0 Å². The lowest BCUT2D eigenvalue weighted by atomic mass is 10.1. The van der Waals surface area contributed by atoms with Gasteiger partial charge in [0.05, 0.1) is 6.10 Å². The topological polar surface area (TPSA) is 42.4 Å². The van der Waals surface area contributed by atoms with Gasteiger partial charge in [-0.1, -0.05) is 11.6 Å². The number of hydrogen-bond donors (Lipinski definition) is 1. The molecular formula is C16H19NO2. The zero-order valence-corrected chi connectivity index (χ0v) is 11.6. The normalized spacial score (nSPS) is 12.2. The third kappa shape index (κ3) is 3.55. The van der Waals surface area contributed by atoms with Gasteiger partial charge in [-0.3, -0.25) is 4.98 Å². The third-order valence-electron chi connectivity index (χ3n) is 2.94. The molecular weight excluding hydrogens is 238 g/mol. The molecule has 0 spiro atoms. The van der Waals surface area contributed by atoms with Crippen LogP contribution in [0.2, 0.25) is 0 Å². The Balaban J connectivity index is 2.15. The summed E-state index contributed by atoms with van der Waals surface area (Å²) in [7, 11) is 0. The molecule has 0 saturated heterocycles. The van der Waals surface area contributed by atoms with Crippen molar-refractivity contribution >= 4 is 0 Å². The zero-order chi connectivity index (χ0) is 13.8. The van der Waals surface area contributed by atoms with Gasteiger partial charge in [-0.2, -0.15) is 0 Å². The Morgan fingerprint density at radius 1 is 1.16 bits per heavy atom. The fraction of sp³-hybridized carbons (Fsp3) is 0.312. The van der Waals surface area contributed by atoms with Gasteiger partial charge in [0.25, 0.3) is 0 Å². The largest absolute Gasteiger partial charge is 0.488 e. The molecule has 0 bridgehead atoms. The van der Waals surface area contributed by atoms with Crippen LogP contribution in [0.5, 0.6) is 5.75 Å². The number of hydrogen-bond acceptors (Lipinski definition) is 3. The Morgan fingerprint density at radius 2 is 1.95 bits per heavy atom. The maximum atomic E-state index is 9.78. The Morgan fingerprint density at radius 3 is 2.63 bits per heavy atom. The van der Waals surface area contributed by atoms with Gasteiger partial charge in [0.2, 0.25) is 0 Å². The first-order valence-corrected chi connectivity index (χ1v) is 6.38. The molecule has 1 N–H and O–H groups in total. The zero-order valence-electron chi connectivity index (χ0n) is 11.6. The molecule has 2 aromatic rings. The van der Waals surface area contributed by atoms with Crippen LogP contribution in [0.25, 0.3) is 0 Å². The third-order valence-corrected chi connectivity index (χ3v) is 2.94. The standard InChI is InChI=1S/C16H19NO2/c1-11-4-5-16(15(7-11)13(3)18)19-10-14-6-12(2)8-17-9-14/h4-9,13,18H,10H2,1-3H3. The number of aryl methyl sites for hydroxylation is 2. The first-order valence-electron chi connectivity index (χ1n) is 6.38. The molecule has 0 aliphatic rings. The number of aliphatic hydroxyl groups is 1. The van der Waals surface area contributed by atoms with Gasteiger partial charge in [0, 0.05) is 23.5 Å². The van der Waals surface area contributed by atoms with E-state index in [1.54, 1.807) is 13.1 Å². The van der Waals surface area contributed by atoms with Crippen LogP contribution < -0.4 is 4.74 Å². The van der Waals surface area contributed by atoms with E-state index in [9.17, 15) is 5.11 Å². The first kappa shape index (κ1) is 13.6. The Labute approximate surface area is 113 Å². The Bertz CT molecular complexity index is 564. The average Bonchev–Trinajstić information content (AvgIpc) is 2.37. The smallest absolute Gasteiger partial charge is 0.125 e. The molecule has 1 unspecified atom stereocenters. The highest BCUT2D eigenvalue weighted by atomic mass is 16.5. The van der Waals surface area contributed by atoms with E-state index in [-0.39, 0.29) is 0 Å². The number of rotatable bonds is 4. The van der Waals surface area contributed by atoms with Crippen LogP contribution in [0.15, 0.2) is 36.7 Å². The lowest BCUT2D eigenvalue weighted by Crippen LogP contribution is -2.02. The second kappa shape index (κ2) is 5.85. The van der Waals surface area contributed by atoms with Crippen LogP contribution in [0.1, 0.15) is 35.3 Å². The monoisotopic (exact) mass is 257 g/mol. The number of nitrogens with zero attached hydrogens (tertiary/aromatic N) is 1. The summed E-state index contributed by atoms with van der Waals surface area (Å²) in [5.41, 5.74) is 4.07. The summed E-state index contributed by atoms with van der Waals surface area (Å²) in [4.78, 5) is 4.14. The predicted molar refractivity (Wildman–Crippen MR) is 75.1 cm³/mol. The van der Waals surface area contributed by atoms with Gasteiger partial charge in [0.1, 0.15) is 12.4 Å². The maximum Gasteiger partial charge on any atom is 0.125 e. The number of pyridine rings is 1. The van der Waals surface area contributed by atoms with Crippen molar-refractivity contribution in [2.75, 3.05) is 0 Å². The van der Waals surface area contributed by atoms with E-state index in [2.05, 4.69) is 4.98 Å². The fourth-order valence-electron chi connectivity index (χ4n) is 1.98. The lowest BCUT2D eigenvalue weighted by Gasteiger charge is -2.14. The number of ether oxygens (including phenoxy) is 1. The highest BCUT2D eigenvalue weighted by molar-refractivity contribution is 5.38. The molecule has 1 aromatic carbocycles. The van der Waals surface area contributed by atoms with E-state index in [4.69, 9.17) is 4.74 Å². The van der Waals surface area contributed by atoms with E-state index in [1.807, 2.05) is 44.3 Å². The molecule has 100 valence electrons. The summed E-state index contributed by atoms with van der Waals surface area (Å²) >= 11 is 0. The molecule has 19 heavy (non-hydrogen) atoms.